The van der Waals surface area contributed by atoms with Crippen LogP contribution in [0.3, 0.4) is 0 Å². The number of methoxy groups -OCH3 is 1. The van der Waals surface area contributed by atoms with Gasteiger partial charge in [-0.05, 0) is 6.42 Å². The van der Waals surface area contributed by atoms with Crippen molar-refractivity contribution < 1.29 is 27.4 Å². The van der Waals surface area contributed by atoms with Crippen molar-refractivity contribution in [1.82, 2.24) is 15.2 Å². The number of amides is 1. The number of alkyl halides is 3. The topological polar surface area (TPSA) is 89.1 Å². The van der Waals surface area contributed by atoms with Crippen LogP contribution in [0.4, 0.5) is 19.1 Å². The lowest BCUT2D eigenvalue weighted by Gasteiger charge is -2.03. The van der Waals surface area contributed by atoms with E-state index in [-0.39, 0.29) is 6.42 Å². The van der Waals surface area contributed by atoms with E-state index in [1.165, 1.54) is 0 Å². The highest BCUT2D eigenvalue weighted by atomic mass is 19.4. The Morgan fingerprint density at radius 2 is 2.10 bits per heavy atom. The number of nitrogens with zero attached hydrogens (tertiary/aromatic N) is 2. The van der Waals surface area contributed by atoms with Gasteiger partial charge in [0.2, 0.25) is 17.7 Å². The molecular weight excluding hydrogens is 281 g/mol. The maximum absolute atomic E-state index is 12.2. The number of rotatable bonds is 8. The second-order valence-electron chi connectivity index (χ2n) is 3.76. The zero-order valence-corrected chi connectivity index (χ0v) is 10.8. The normalized spacial score (nSPS) is 11.6. The fraction of sp³-hybridized carbons (Fsp3) is 0.700. The van der Waals surface area contributed by atoms with Gasteiger partial charge in [0, 0.05) is 20.1 Å². The maximum Gasteiger partial charge on any atom is 0.451 e. The molecule has 1 heterocycles. The molecule has 0 aromatic carbocycles. The van der Waals surface area contributed by atoms with E-state index in [2.05, 4.69) is 15.4 Å². The number of nitrogens with one attached hydrogen (secondary N) is 2. The largest absolute Gasteiger partial charge is 0.451 e. The summed E-state index contributed by atoms with van der Waals surface area (Å²) in [5, 5.41) is 7.12. The first-order chi connectivity index (χ1) is 9.43. The second kappa shape index (κ2) is 7.80. The molecule has 1 rings (SSSR count). The molecule has 10 heteroatoms. The number of ether oxygens (including phenoxy) is 2. The Morgan fingerprint density at radius 1 is 1.35 bits per heavy atom. The fourth-order valence-electron chi connectivity index (χ4n) is 1.21. The van der Waals surface area contributed by atoms with Crippen LogP contribution < -0.4 is 5.32 Å². The molecule has 0 aliphatic rings. The van der Waals surface area contributed by atoms with E-state index in [4.69, 9.17) is 9.47 Å². The van der Waals surface area contributed by atoms with Crippen molar-refractivity contribution in [2.45, 2.75) is 19.0 Å². The first-order valence-corrected chi connectivity index (χ1v) is 5.79. The number of H-pyrrole nitrogens is 1. The summed E-state index contributed by atoms with van der Waals surface area (Å²) in [4.78, 5) is 14.5. The number of aromatic amines is 1. The van der Waals surface area contributed by atoms with Crippen LogP contribution in [-0.4, -0.2) is 48.0 Å². The van der Waals surface area contributed by atoms with E-state index >= 15 is 0 Å². The smallest absolute Gasteiger partial charge is 0.382 e. The van der Waals surface area contributed by atoms with Crippen LogP contribution in [0.2, 0.25) is 0 Å². The lowest BCUT2D eigenvalue weighted by atomic mass is 10.3. The number of aromatic nitrogens is 3. The van der Waals surface area contributed by atoms with Gasteiger partial charge < -0.3 is 9.47 Å². The van der Waals surface area contributed by atoms with Gasteiger partial charge in [-0.25, -0.2) is 0 Å². The molecule has 0 saturated heterocycles. The zero-order chi connectivity index (χ0) is 15.0. The average molecular weight is 296 g/mol. The minimum Gasteiger partial charge on any atom is -0.382 e. The Hall–Kier alpha value is -1.68. The van der Waals surface area contributed by atoms with E-state index in [1.54, 1.807) is 12.2 Å². The number of halogens is 3. The highest BCUT2D eigenvalue weighted by molar-refractivity contribution is 5.88. The molecule has 2 N–H and O–H groups in total. The molecular formula is C10H15F3N4O3. The molecule has 0 atom stereocenters. The summed E-state index contributed by atoms with van der Waals surface area (Å²) in [7, 11) is 1.54. The van der Waals surface area contributed by atoms with Crippen molar-refractivity contribution >= 4 is 11.9 Å². The molecule has 0 spiro atoms. The highest BCUT2D eigenvalue weighted by Crippen LogP contribution is 2.26. The van der Waals surface area contributed by atoms with Crippen LogP contribution in [0.25, 0.3) is 0 Å². The average Bonchev–Trinajstić information content (AvgIpc) is 2.82. The Balaban J connectivity index is 2.24. The molecule has 0 aliphatic heterocycles. The quantitative estimate of drug-likeness (QED) is 0.704. The molecule has 0 saturated carbocycles. The van der Waals surface area contributed by atoms with Gasteiger partial charge in [0.15, 0.2) is 0 Å². The molecule has 1 aromatic heterocycles. The van der Waals surface area contributed by atoms with Gasteiger partial charge in [-0.3, -0.25) is 15.2 Å². The first-order valence-electron chi connectivity index (χ1n) is 5.79. The lowest BCUT2D eigenvalue weighted by molar-refractivity contribution is -0.144. The van der Waals surface area contributed by atoms with Gasteiger partial charge in [0.25, 0.3) is 0 Å². The van der Waals surface area contributed by atoms with Crippen molar-refractivity contribution in [3.8, 4) is 0 Å². The Bertz CT molecular complexity index is 422. The first kappa shape index (κ1) is 16.4. The molecule has 1 aromatic rings. The number of carbonyl (C=O) groups is 1. The van der Waals surface area contributed by atoms with Crippen molar-refractivity contribution in [1.29, 1.82) is 0 Å². The third-order valence-corrected chi connectivity index (χ3v) is 2.13. The predicted octanol–water partition coefficient (Wildman–Crippen LogP) is 1.21. The maximum atomic E-state index is 12.2. The summed E-state index contributed by atoms with van der Waals surface area (Å²) in [6.07, 6.45) is -4.08. The molecule has 0 bridgehead atoms. The molecule has 7 nitrogen and oxygen atoms in total. The van der Waals surface area contributed by atoms with Crippen molar-refractivity contribution in [2.24, 2.45) is 0 Å². The highest BCUT2D eigenvalue weighted by Gasteiger charge is 2.35. The van der Waals surface area contributed by atoms with Crippen LogP contribution in [-0.2, 0) is 20.4 Å². The SMILES string of the molecule is COCCOCCCC(=O)Nc1n[nH]c(C(F)(F)F)n1. The van der Waals surface area contributed by atoms with Crippen LogP contribution in [0.1, 0.15) is 18.7 Å². The van der Waals surface area contributed by atoms with Crippen LogP contribution in [0.15, 0.2) is 0 Å². The van der Waals surface area contributed by atoms with Gasteiger partial charge in [-0.2, -0.15) is 18.2 Å². The Morgan fingerprint density at radius 3 is 2.70 bits per heavy atom. The van der Waals surface area contributed by atoms with E-state index in [0.717, 1.165) is 0 Å². The van der Waals surface area contributed by atoms with E-state index in [0.29, 0.717) is 26.2 Å². The summed E-state index contributed by atoms with van der Waals surface area (Å²) in [6.45, 7) is 1.25. The fourth-order valence-corrected chi connectivity index (χ4v) is 1.21. The van der Waals surface area contributed by atoms with Crippen molar-refractivity contribution in [2.75, 3.05) is 32.2 Å². The third kappa shape index (κ3) is 5.97. The molecule has 0 aliphatic carbocycles. The second-order valence-corrected chi connectivity index (χ2v) is 3.76. The van der Waals surface area contributed by atoms with Crippen molar-refractivity contribution in [3.05, 3.63) is 5.82 Å². The third-order valence-electron chi connectivity index (χ3n) is 2.13. The summed E-state index contributed by atoms with van der Waals surface area (Å²) in [5.41, 5.74) is 0. The molecule has 1 amide bonds. The number of hydrogen-bond donors (Lipinski definition) is 2. The molecule has 0 fully saturated rings. The standard InChI is InChI=1S/C10H15F3N4O3/c1-19-5-6-20-4-2-3-7(18)14-9-15-8(16-17-9)10(11,12)13/h2-6H2,1H3,(H2,14,15,16,17,18). The zero-order valence-electron chi connectivity index (χ0n) is 10.8. The van der Waals surface area contributed by atoms with Gasteiger partial charge in [-0.1, -0.05) is 0 Å². The molecule has 114 valence electrons. The van der Waals surface area contributed by atoms with Crippen molar-refractivity contribution in [3.63, 3.8) is 0 Å². The van der Waals surface area contributed by atoms with E-state index < -0.39 is 23.9 Å². The van der Waals surface area contributed by atoms with Crippen LogP contribution in [0.5, 0.6) is 0 Å². The van der Waals surface area contributed by atoms with Gasteiger partial charge in [-0.15, -0.1) is 5.10 Å². The minimum absolute atomic E-state index is 0.100. The number of hydrogen-bond acceptors (Lipinski definition) is 5. The Kier molecular flexibility index (Phi) is 6.39. The minimum atomic E-state index is -4.62. The lowest BCUT2D eigenvalue weighted by Crippen LogP contribution is -2.14. The van der Waals surface area contributed by atoms with Gasteiger partial charge in [0.1, 0.15) is 0 Å². The Labute approximate surface area is 112 Å². The summed E-state index contributed by atoms with van der Waals surface area (Å²) in [5.74, 6) is -2.13. The molecule has 0 unspecified atom stereocenters. The number of carbonyl (C=O) groups excluding carboxylic acids is 1. The van der Waals surface area contributed by atoms with E-state index in [9.17, 15) is 18.0 Å². The van der Waals surface area contributed by atoms with Crippen LogP contribution >= 0.6 is 0 Å². The van der Waals surface area contributed by atoms with Crippen LogP contribution in [0, 0.1) is 0 Å². The summed E-state index contributed by atoms with van der Waals surface area (Å²) >= 11 is 0. The monoisotopic (exact) mass is 296 g/mol. The molecule has 20 heavy (non-hydrogen) atoms. The van der Waals surface area contributed by atoms with E-state index in [1.807, 2.05) is 0 Å². The van der Waals surface area contributed by atoms with Gasteiger partial charge in [0.05, 0.1) is 13.2 Å². The predicted molar refractivity (Wildman–Crippen MR) is 61.9 cm³/mol. The summed E-state index contributed by atoms with van der Waals surface area (Å²) < 4.78 is 46.5. The molecule has 0 radical (unpaired) electrons. The summed E-state index contributed by atoms with van der Waals surface area (Å²) in [6, 6.07) is 0. The number of anilines is 1. The van der Waals surface area contributed by atoms with Gasteiger partial charge >= 0.3 is 6.18 Å².